The van der Waals surface area contributed by atoms with E-state index in [4.69, 9.17) is 0 Å². The third-order valence-corrected chi connectivity index (χ3v) is 3.63. The van der Waals surface area contributed by atoms with Gasteiger partial charge in [0.05, 0.1) is 0 Å². The molecular formula is C12H27NS. The standard InChI is InChI=1S/C12H27NS/c1-4-7-8-10-14-11-9-13-12(5-2)6-3/h12-13H,4-11H2,1-3H3. The minimum Gasteiger partial charge on any atom is -0.313 e. The quantitative estimate of drug-likeness (QED) is 0.560. The number of rotatable bonds is 10. The Morgan fingerprint density at radius 1 is 1.00 bits per heavy atom. The molecule has 0 aromatic rings. The van der Waals surface area contributed by atoms with E-state index in [1.54, 1.807) is 0 Å². The number of nitrogens with one attached hydrogen (secondary N) is 1. The molecule has 0 saturated heterocycles. The third-order valence-electron chi connectivity index (χ3n) is 2.56. The highest BCUT2D eigenvalue weighted by Crippen LogP contribution is 2.05. The smallest absolute Gasteiger partial charge is 0.00621 e. The lowest BCUT2D eigenvalue weighted by atomic mass is 10.2. The van der Waals surface area contributed by atoms with Crippen molar-refractivity contribution in [1.82, 2.24) is 5.32 Å². The van der Waals surface area contributed by atoms with Gasteiger partial charge in [-0.3, -0.25) is 0 Å². The molecule has 0 bridgehead atoms. The highest BCUT2D eigenvalue weighted by Gasteiger charge is 2.00. The molecule has 0 atom stereocenters. The van der Waals surface area contributed by atoms with E-state index in [1.165, 1.54) is 50.2 Å². The minimum atomic E-state index is 0.742. The van der Waals surface area contributed by atoms with E-state index in [0.717, 1.165) is 6.04 Å². The fourth-order valence-corrected chi connectivity index (χ4v) is 2.34. The molecule has 0 fully saturated rings. The minimum absolute atomic E-state index is 0.742. The third kappa shape index (κ3) is 8.89. The maximum atomic E-state index is 3.59. The Hall–Kier alpha value is 0.310. The summed E-state index contributed by atoms with van der Waals surface area (Å²) >= 11 is 2.09. The lowest BCUT2D eigenvalue weighted by molar-refractivity contribution is 0.501. The van der Waals surface area contributed by atoms with E-state index in [-0.39, 0.29) is 0 Å². The molecule has 0 aliphatic rings. The van der Waals surface area contributed by atoms with E-state index in [2.05, 4.69) is 37.8 Å². The van der Waals surface area contributed by atoms with Crippen molar-refractivity contribution in [2.24, 2.45) is 0 Å². The van der Waals surface area contributed by atoms with Crippen LogP contribution in [-0.2, 0) is 0 Å². The molecule has 0 spiro atoms. The molecule has 0 saturated carbocycles. The average molecular weight is 217 g/mol. The van der Waals surface area contributed by atoms with E-state index in [0.29, 0.717) is 0 Å². The number of hydrogen-bond acceptors (Lipinski definition) is 2. The van der Waals surface area contributed by atoms with Crippen LogP contribution in [-0.4, -0.2) is 24.1 Å². The Morgan fingerprint density at radius 2 is 1.71 bits per heavy atom. The predicted molar refractivity (Wildman–Crippen MR) is 69.2 cm³/mol. The van der Waals surface area contributed by atoms with E-state index < -0.39 is 0 Å². The summed E-state index contributed by atoms with van der Waals surface area (Å²) in [6.07, 6.45) is 6.65. The van der Waals surface area contributed by atoms with Crippen molar-refractivity contribution in [2.75, 3.05) is 18.1 Å². The van der Waals surface area contributed by atoms with Crippen molar-refractivity contribution in [3.8, 4) is 0 Å². The van der Waals surface area contributed by atoms with Gasteiger partial charge in [-0.15, -0.1) is 0 Å². The summed E-state index contributed by atoms with van der Waals surface area (Å²) < 4.78 is 0. The average Bonchev–Trinajstić information content (AvgIpc) is 2.22. The van der Waals surface area contributed by atoms with Crippen LogP contribution in [0.2, 0.25) is 0 Å². The van der Waals surface area contributed by atoms with Gasteiger partial charge in [-0.25, -0.2) is 0 Å². The van der Waals surface area contributed by atoms with Crippen LogP contribution < -0.4 is 5.32 Å². The van der Waals surface area contributed by atoms with Gasteiger partial charge in [-0.05, 0) is 25.0 Å². The van der Waals surface area contributed by atoms with Crippen molar-refractivity contribution in [2.45, 2.75) is 58.9 Å². The summed E-state index contributed by atoms with van der Waals surface area (Å²) in [5.74, 6) is 2.62. The van der Waals surface area contributed by atoms with Crippen LogP contribution in [0.5, 0.6) is 0 Å². The lowest BCUT2D eigenvalue weighted by Crippen LogP contribution is -2.29. The van der Waals surface area contributed by atoms with Gasteiger partial charge >= 0.3 is 0 Å². The molecule has 0 rings (SSSR count). The molecule has 0 amide bonds. The molecule has 1 nitrogen and oxygen atoms in total. The first-order valence-corrected chi connectivity index (χ1v) is 7.31. The zero-order valence-corrected chi connectivity index (χ0v) is 11.0. The van der Waals surface area contributed by atoms with Gasteiger partial charge < -0.3 is 5.32 Å². The van der Waals surface area contributed by atoms with Crippen LogP contribution >= 0.6 is 11.8 Å². The summed E-state index contributed by atoms with van der Waals surface area (Å²) in [6, 6.07) is 0.742. The maximum absolute atomic E-state index is 3.59. The van der Waals surface area contributed by atoms with Crippen molar-refractivity contribution < 1.29 is 0 Å². The number of thioether (sulfide) groups is 1. The molecule has 0 aliphatic carbocycles. The van der Waals surface area contributed by atoms with Gasteiger partial charge in [-0.2, -0.15) is 11.8 Å². The van der Waals surface area contributed by atoms with Crippen LogP contribution in [0.4, 0.5) is 0 Å². The highest BCUT2D eigenvalue weighted by molar-refractivity contribution is 7.99. The number of unbranched alkanes of at least 4 members (excludes halogenated alkanes) is 2. The first kappa shape index (κ1) is 14.3. The molecular weight excluding hydrogens is 190 g/mol. The van der Waals surface area contributed by atoms with Crippen molar-refractivity contribution >= 4 is 11.8 Å². The first-order chi connectivity index (χ1) is 6.85. The molecule has 0 unspecified atom stereocenters. The lowest BCUT2D eigenvalue weighted by Gasteiger charge is -2.13. The summed E-state index contributed by atoms with van der Waals surface area (Å²) in [5.41, 5.74) is 0. The molecule has 14 heavy (non-hydrogen) atoms. The second-order valence-corrected chi connectivity index (χ2v) is 5.01. The van der Waals surface area contributed by atoms with Gasteiger partial charge in [0.2, 0.25) is 0 Å². The monoisotopic (exact) mass is 217 g/mol. The van der Waals surface area contributed by atoms with Gasteiger partial charge in [-0.1, -0.05) is 33.6 Å². The summed E-state index contributed by atoms with van der Waals surface area (Å²) in [5, 5.41) is 3.59. The Kier molecular flexibility index (Phi) is 11.6. The van der Waals surface area contributed by atoms with Crippen LogP contribution in [0, 0.1) is 0 Å². The molecule has 0 heterocycles. The fraction of sp³-hybridized carbons (Fsp3) is 1.00. The molecule has 2 heteroatoms. The maximum Gasteiger partial charge on any atom is 0.00621 e. The van der Waals surface area contributed by atoms with Crippen LogP contribution in [0.3, 0.4) is 0 Å². The van der Waals surface area contributed by atoms with E-state index >= 15 is 0 Å². The Balaban J connectivity index is 3.04. The van der Waals surface area contributed by atoms with Crippen molar-refractivity contribution in [1.29, 1.82) is 0 Å². The molecule has 0 aromatic heterocycles. The topological polar surface area (TPSA) is 12.0 Å². The van der Waals surface area contributed by atoms with E-state index in [9.17, 15) is 0 Å². The van der Waals surface area contributed by atoms with Gasteiger partial charge in [0.1, 0.15) is 0 Å². The predicted octanol–water partition coefficient (Wildman–Crippen LogP) is 3.69. The van der Waals surface area contributed by atoms with Crippen molar-refractivity contribution in [3.63, 3.8) is 0 Å². The first-order valence-electron chi connectivity index (χ1n) is 6.16. The van der Waals surface area contributed by atoms with E-state index in [1.807, 2.05) is 0 Å². The molecule has 1 N–H and O–H groups in total. The number of hydrogen-bond donors (Lipinski definition) is 1. The van der Waals surface area contributed by atoms with Gasteiger partial charge in [0.15, 0.2) is 0 Å². The SMILES string of the molecule is CCCCCSCCNC(CC)CC. The second kappa shape index (κ2) is 11.4. The van der Waals surface area contributed by atoms with Crippen molar-refractivity contribution in [3.05, 3.63) is 0 Å². The second-order valence-electron chi connectivity index (χ2n) is 3.79. The Morgan fingerprint density at radius 3 is 2.29 bits per heavy atom. The van der Waals surface area contributed by atoms with Gasteiger partial charge in [0.25, 0.3) is 0 Å². The van der Waals surface area contributed by atoms with Crippen LogP contribution in [0.25, 0.3) is 0 Å². The zero-order chi connectivity index (χ0) is 10.6. The molecule has 0 radical (unpaired) electrons. The molecule has 0 aromatic carbocycles. The summed E-state index contributed by atoms with van der Waals surface area (Å²) in [4.78, 5) is 0. The highest BCUT2D eigenvalue weighted by atomic mass is 32.2. The van der Waals surface area contributed by atoms with Crippen LogP contribution in [0.1, 0.15) is 52.9 Å². The molecule has 86 valence electrons. The largest absolute Gasteiger partial charge is 0.313 e. The zero-order valence-electron chi connectivity index (χ0n) is 10.1. The summed E-state index contributed by atoms with van der Waals surface area (Å²) in [6.45, 7) is 7.97. The molecule has 0 aliphatic heterocycles. The normalized spacial score (nSPS) is 11.1. The Bertz CT molecular complexity index is 102. The van der Waals surface area contributed by atoms with Gasteiger partial charge in [0, 0.05) is 18.3 Å². The fourth-order valence-electron chi connectivity index (χ4n) is 1.47. The summed E-state index contributed by atoms with van der Waals surface area (Å²) in [7, 11) is 0. The Labute approximate surface area is 94.4 Å². The van der Waals surface area contributed by atoms with Crippen LogP contribution in [0.15, 0.2) is 0 Å².